The van der Waals surface area contributed by atoms with E-state index in [0.29, 0.717) is 5.56 Å². The molecule has 1 aliphatic rings. The molecule has 0 amide bonds. The van der Waals surface area contributed by atoms with Crippen LogP contribution in [-0.4, -0.2) is 18.4 Å². The fourth-order valence-electron chi connectivity index (χ4n) is 1.58. The predicted molar refractivity (Wildman–Crippen MR) is 54.6 cm³/mol. The lowest BCUT2D eigenvalue weighted by atomic mass is 10.0. The number of likely N-dealkylation sites (N-methyl/N-ethyl adjacent to an activating group) is 1. The number of nitrogens with zero attached hydrogens (tertiary/aromatic N) is 1. The summed E-state index contributed by atoms with van der Waals surface area (Å²) < 4.78 is 13.2. The fraction of sp³-hybridized carbons (Fsp3) is 0.273. The highest BCUT2D eigenvalue weighted by Gasteiger charge is 2.17. The van der Waals surface area contributed by atoms with Gasteiger partial charge in [-0.1, -0.05) is 6.08 Å². The van der Waals surface area contributed by atoms with E-state index in [1.165, 1.54) is 6.07 Å². The molecule has 0 aliphatic carbocycles. The topological polar surface area (TPSA) is 23.5 Å². The van der Waals surface area contributed by atoms with Gasteiger partial charge in [0, 0.05) is 18.3 Å². The number of aliphatic hydroxyl groups is 1. The first-order valence-corrected chi connectivity index (χ1v) is 4.49. The molecule has 0 saturated carbocycles. The standard InChI is InChI=1S/C11H12FNO/c1-7-5-10-8(6-9(7)12)3-4-11(14)13(10)2/h3-6,11,14H,1-2H3. The van der Waals surface area contributed by atoms with Crippen LogP contribution in [0.2, 0.25) is 0 Å². The van der Waals surface area contributed by atoms with Crippen molar-refractivity contribution in [3.05, 3.63) is 35.2 Å². The van der Waals surface area contributed by atoms with Crippen molar-refractivity contribution in [3.8, 4) is 0 Å². The third kappa shape index (κ3) is 1.30. The van der Waals surface area contributed by atoms with Gasteiger partial charge in [0.1, 0.15) is 12.0 Å². The Kier molecular flexibility index (Phi) is 2.04. The number of halogens is 1. The van der Waals surface area contributed by atoms with Crippen LogP contribution in [0.15, 0.2) is 18.2 Å². The third-order valence-electron chi connectivity index (χ3n) is 2.53. The van der Waals surface area contributed by atoms with E-state index in [4.69, 9.17) is 0 Å². The first-order valence-electron chi connectivity index (χ1n) is 4.49. The number of aryl methyl sites for hydroxylation is 1. The lowest BCUT2D eigenvalue weighted by Crippen LogP contribution is -2.31. The van der Waals surface area contributed by atoms with Crippen LogP contribution in [0.4, 0.5) is 10.1 Å². The number of hydrogen-bond donors (Lipinski definition) is 1. The molecule has 14 heavy (non-hydrogen) atoms. The molecule has 0 spiro atoms. The predicted octanol–water partition coefficient (Wildman–Crippen LogP) is 1.92. The summed E-state index contributed by atoms with van der Waals surface area (Å²) in [4.78, 5) is 1.71. The summed E-state index contributed by atoms with van der Waals surface area (Å²) in [6.07, 6.45) is 2.76. The van der Waals surface area contributed by atoms with E-state index in [9.17, 15) is 9.50 Å². The highest BCUT2D eigenvalue weighted by Crippen LogP contribution is 2.29. The normalized spacial score (nSPS) is 19.7. The average molecular weight is 193 g/mol. The van der Waals surface area contributed by atoms with E-state index < -0.39 is 6.23 Å². The zero-order chi connectivity index (χ0) is 10.3. The molecule has 2 nitrogen and oxygen atoms in total. The molecule has 1 aliphatic heterocycles. The number of fused-ring (bicyclic) bond motifs is 1. The second-order valence-electron chi connectivity index (χ2n) is 3.54. The summed E-state index contributed by atoms with van der Waals surface area (Å²) in [6.45, 7) is 1.72. The van der Waals surface area contributed by atoms with Gasteiger partial charge >= 0.3 is 0 Å². The smallest absolute Gasteiger partial charge is 0.146 e. The number of rotatable bonds is 0. The van der Waals surface area contributed by atoms with Gasteiger partial charge in [0.15, 0.2) is 0 Å². The summed E-state index contributed by atoms with van der Waals surface area (Å²) in [5.41, 5.74) is 2.26. The lowest BCUT2D eigenvalue weighted by Gasteiger charge is -2.28. The summed E-state index contributed by atoms with van der Waals surface area (Å²) in [7, 11) is 1.78. The van der Waals surface area contributed by atoms with Crippen LogP contribution in [0, 0.1) is 12.7 Å². The molecular formula is C11H12FNO. The Balaban J connectivity index is 2.58. The van der Waals surface area contributed by atoms with Crippen molar-refractivity contribution >= 4 is 11.8 Å². The van der Waals surface area contributed by atoms with Crippen molar-refractivity contribution in [1.82, 2.24) is 0 Å². The highest BCUT2D eigenvalue weighted by atomic mass is 19.1. The Morgan fingerprint density at radius 1 is 1.43 bits per heavy atom. The molecule has 0 radical (unpaired) electrons. The molecule has 1 aromatic carbocycles. The molecule has 0 fully saturated rings. The summed E-state index contributed by atoms with van der Waals surface area (Å²) in [6, 6.07) is 3.24. The number of benzene rings is 1. The van der Waals surface area contributed by atoms with Gasteiger partial charge in [-0.2, -0.15) is 0 Å². The fourth-order valence-corrected chi connectivity index (χ4v) is 1.58. The van der Waals surface area contributed by atoms with Crippen molar-refractivity contribution in [2.45, 2.75) is 13.2 Å². The molecular weight excluding hydrogens is 181 g/mol. The van der Waals surface area contributed by atoms with Crippen molar-refractivity contribution in [2.24, 2.45) is 0 Å². The second kappa shape index (κ2) is 3.10. The second-order valence-corrected chi connectivity index (χ2v) is 3.54. The van der Waals surface area contributed by atoms with Crippen molar-refractivity contribution in [1.29, 1.82) is 0 Å². The van der Waals surface area contributed by atoms with Crippen LogP contribution < -0.4 is 4.90 Å². The molecule has 1 heterocycles. The van der Waals surface area contributed by atoms with Gasteiger partial charge in [-0.05, 0) is 30.7 Å². The maximum absolute atomic E-state index is 13.2. The number of hydrogen-bond acceptors (Lipinski definition) is 2. The molecule has 3 heteroatoms. The van der Waals surface area contributed by atoms with E-state index in [1.54, 1.807) is 37.1 Å². The third-order valence-corrected chi connectivity index (χ3v) is 2.53. The van der Waals surface area contributed by atoms with E-state index >= 15 is 0 Å². The Bertz CT molecular complexity index is 401. The van der Waals surface area contributed by atoms with E-state index in [2.05, 4.69) is 0 Å². The summed E-state index contributed by atoms with van der Waals surface area (Å²) >= 11 is 0. The van der Waals surface area contributed by atoms with Gasteiger partial charge in [0.2, 0.25) is 0 Å². The molecule has 1 atom stereocenters. The summed E-state index contributed by atoms with van der Waals surface area (Å²) in [5, 5.41) is 9.53. The van der Waals surface area contributed by atoms with Crippen LogP contribution in [0.5, 0.6) is 0 Å². The Labute approximate surface area is 82.3 Å². The Morgan fingerprint density at radius 2 is 2.14 bits per heavy atom. The van der Waals surface area contributed by atoms with Crippen LogP contribution in [-0.2, 0) is 0 Å². The molecule has 0 bridgehead atoms. The summed E-state index contributed by atoms with van der Waals surface area (Å²) in [5.74, 6) is -0.210. The zero-order valence-corrected chi connectivity index (χ0v) is 8.16. The molecule has 2 rings (SSSR count). The van der Waals surface area contributed by atoms with Gasteiger partial charge < -0.3 is 10.0 Å². The first-order chi connectivity index (χ1) is 6.59. The zero-order valence-electron chi connectivity index (χ0n) is 8.16. The minimum absolute atomic E-state index is 0.210. The maximum atomic E-state index is 13.2. The average Bonchev–Trinajstić information content (AvgIpc) is 2.15. The van der Waals surface area contributed by atoms with Crippen molar-refractivity contribution in [3.63, 3.8) is 0 Å². The number of anilines is 1. The Morgan fingerprint density at radius 3 is 2.86 bits per heavy atom. The van der Waals surface area contributed by atoms with Gasteiger partial charge in [0.05, 0.1) is 0 Å². The molecule has 1 aromatic rings. The molecule has 1 unspecified atom stereocenters. The monoisotopic (exact) mass is 193 g/mol. The maximum Gasteiger partial charge on any atom is 0.146 e. The van der Waals surface area contributed by atoms with Gasteiger partial charge in [-0.3, -0.25) is 0 Å². The SMILES string of the molecule is Cc1cc2c(cc1F)C=CC(O)N2C. The quantitative estimate of drug-likeness (QED) is 0.680. The van der Waals surface area contributed by atoms with E-state index in [-0.39, 0.29) is 5.82 Å². The van der Waals surface area contributed by atoms with Crippen LogP contribution in [0.1, 0.15) is 11.1 Å². The van der Waals surface area contributed by atoms with Crippen LogP contribution in [0.3, 0.4) is 0 Å². The molecule has 0 aromatic heterocycles. The van der Waals surface area contributed by atoms with E-state index in [1.807, 2.05) is 0 Å². The minimum Gasteiger partial charge on any atom is -0.370 e. The van der Waals surface area contributed by atoms with E-state index in [0.717, 1.165) is 11.3 Å². The first kappa shape index (κ1) is 9.21. The number of aliphatic hydroxyl groups excluding tert-OH is 1. The molecule has 74 valence electrons. The molecule has 1 N–H and O–H groups in total. The van der Waals surface area contributed by atoms with Crippen molar-refractivity contribution in [2.75, 3.05) is 11.9 Å². The van der Waals surface area contributed by atoms with Gasteiger partial charge in [0.25, 0.3) is 0 Å². The minimum atomic E-state index is -0.618. The van der Waals surface area contributed by atoms with Gasteiger partial charge in [-0.25, -0.2) is 4.39 Å². The molecule has 0 saturated heterocycles. The van der Waals surface area contributed by atoms with Crippen LogP contribution in [0.25, 0.3) is 6.08 Å². The highest BCUT2D eigenvalue weighted by molar-refractivity contribution is 5.72. The van der Waals surface area contributed by atoms with Crippen LogP contribution >= 0.6 is 0 Å². The lowest BCUT2D eigenvalue weighted by molar-refractivity contribution is 0.223. The Hall–Kier alpha value is -1.35. The van der Waals surface area contributed by atoms with Gasteiger partial charge in [-0.15, -0.1) is 0 Å². The van der Waals surface area contributed by atoms with Crippen molar-refractivity contribution < 1.29 is 9.50 Å². The largest absolute Gasteiger partial charge is 0.370 e.